The second kappa shape index (κ2) is 47.3. The molecule has 0 bridgehead atoms. The minimum Gasteiger partial charge on any atom is -0.480 e. The highest BCUT2D eigenvalue weighted by Gasteiger charge is 2.31. The van der Waals surface area contributed by atoms with E-state index >= 15 is 0 Å². The van der Waals surface area contributed by atoms with Crippen molar-refractivity contribution in [3.8, 4) is 6.07 Å². The Balaban J connectivity index is 0.000000312. The fourth-order valence-electron chi connectivity index (χ4n) is 9.86. The number of alkyl halides is 1. The van der Waals surface area contributed by atoms with E-state index in [1.54, 1.807) is 77.2 Å². The number of carbonyl (C=O) groups excluding carboxylic acids is 3. The number of methoxy groups -OCH3 is 1. The van der Waals surface area contributed by atoms with E-state index in [1.807, 2.05) is 55.5 Å². The fourth-order valence-corrected chi connectivity index (χ4v) is 15.7. The van der Waals surface area contributed by atoms with Gasteiger partial charge in [0, 0.05) is 88.3 Å². The van der Waals surface area contributed by atoms with E-state index in [-0.39, 0.29) is 85.5 Å². The summed E-state index contributed by atoms with van der Waals surface area (Å²) in [5.41, 5.74) is 9.26. The lowest BCUT2D eigenvalue weighted by atomic mass is 9.95. The van der Waals surface area contributed by atoms with Gasteiger partial charge in [-0.25, -0.2) is 56.8 Å². The first-order valence-electron chi connectivity index (χ1n) is 32.0. The van der Waals surface area contributed by atoms with Crippen LogP contribution in [0.4, 0.5) is 35.1 Å². The molecule has 36 heteroatoms. The van der Waals surface area contributed by atoms with Crippen molar-refractivity contribution >= 4 is 192 Å². The zero-order chi connectivity index (χ0) is 83.5. The van der Waals surface area contributed by atoms with Gasteiger partial charge in [-0.05, 0) is 218 Å². The van der Waals surface area contributed by atoms with Crippen molar-refractivity contribution in [3.63, 3.8) is 0 Å². The monoisotopic (exact) mass is 1900 g/mol. The Morgan fingerprint density at radius 1 is 0.611 bits per heavy atom. The number of nitrogens with one attached hydrogen (secondary N) is 1. The van der Waals surface area contributed by atoms with Gasteiger partial charge in [0.25, 0.3) is 11.8 Å². The van der Waals surface area contributed by atoms with Gasteiger partial charge in [-0.15, -0.1) is 82.8 Å². The molecule has 4 N–H and O–H groups in total. The van der Waals surface area contributed by atoms with Crippen LogP contribution in [-0.4, -0.2) is 120 Å². The van der Waals surface area contributed by atoms with Crippen LogP contribution >= 0.6 is 138 Å². The van der Waals surface area contributed by atoms with E-state index in [0.29, 0.717) is 56.7 Å². The van der Waals surface area contributed by atoms with Gasteiger partial charge in [0.1, 0.15) is 64.2 Å². The van der Waals surface area contributed by atoms with Gasteiger partial charge in [0.15, 0.2) is 19.7 Å². The number of carboxylic acid groups (broad SMARTS) is 1. The molecule has 0 spiro atoms. The highest BCUT2D eigenvalue weighted by molar-refractivity contribution is 9.10. The Labute approximate surface area is 708 Å². The predicted octanol–water partition coefficient (Wildman–Crippen LogP) is 20.6. The molecule has 2 amide bonds. The lowest BCUT2D eigenvalue weighted by Gasteiger charge is -2.30. The van der Waals surface area contributed by atoms with Gasteiger partial charge in [0.05, 0.1) is 50.4 Å². The summed E-state index contributed by atoms with van der Waals surface area (Å²) in [4.78, 5) is 55.3. The van der Waals surface area contributed by atoms with Crippen molar-refractivity contribution in [2.45, 2.75) is 78.0 Å². The number of esters is 1. The van der Waals surface area contributed by atoms with Crippen LogP contribution in [0.5, 0.6) is 0 Å². The summed E-state index contributed by atoms with van der Waals surface area (Å²) in [6.07, 6.45) is 12.9. The Morgan fingerprint density at radius 3 is 1.54 bits per heavy atom. The number of aliphatic carboxylic acids is 1. The molecule has 1 aliphatic rings. The molecular weight excluding hydrogens is 1830 g/mol. The smallest absolute Gasteiger partial charge is 0.326 e. The third kappa shape index (κ3) is 32.6. The molecule has 0 fully saturated rings. The lowest BCUT2D eigenvalue weighted by Crippen LogP contribution is -2.43. The number of nitrogens with zero attached hydrogens (tertiary/aromatic N) is 2. The zero-order valence-corrected chi connectivity index (χ0v) is 72.6. The van der Waals surface area contributed by atoms with E-state index in [9.17, 15) is 76.2 Å². The number of benzene rings is 9. The zero-order valence-electron chi connectivity index (χ0n) is 60.7. The van der Waals surface area contributed by atoms with Crippen molar-refractivity contribution in [3.05, 3.63) is 274 Å². The number of carbonyl (C=O) groups is 4. The number of amides is 2. The van der Waals surface area contributed by atoms with Crippen LogP contribution in [0.3, 0.4) is 0 Å². The quantitative estimate of drug-likeness (QED) is 0.0332. The number of fused-ring (bicyclic) bond motifs is 2. The summed E-state index contributed by atoms with van der Waals surface area (Å²) in [7, 11) is -6.08. The molecule has 2 atom stereocenters. The van der Waals surface area contributed by atoms with Crippen LogP contribution < -0.4 is 11.1 Å². The van der Waals surface area contributed by atoms with Crippen molar-refractivity contribution in [2.24, 2.45) is 5.73 Å². The minimum atomic E-state index is -3.76. The number of nitriles is 1. The maximum Gasteiger partial charge on any atom is 0.326 e. The van der Waals surface area contributed by atoms with E-state index in [1.165, 1.54) is 103 Å². The largest absolute Gasteiger partial charge is 0.480 e. The maximum atomic E-state index is 14.1. The normalized spacial score (nSPS) is 11.8. The van der Waals surface area contributed by atoms with E-state index in [4.69, 9.17) is 50.2 Å². The Bertz CT molecular complexity index is 5130. The third-order valence-electron chi connectivity index (χ3n) is 15.1. The molecule has 9 aromatic carbocycles. The number of halogens is 14. The number of hydrogen-bond donors (Lipinski definition) is 3. The van der Waals surface area contributed by atoms with Crippen LogP contribution in [0.2, 0.25) is 10.0 Å². The van der Waals surface area contributed by atoms with Crippen molar-refractivity contribution < 1.29 is 85.4 Å². The summed E-state index contributed by atoms with van der Waals surface area (Å²) < 4.78 is 160. The summed E-state index contributed by atoms with van der Waals surface area (Å²) in [6, 6.07) is 36.5. The van der Waals surface area contributed by atoms with Crippen LogP contribution in [0, 0.1) is 57.9 Å². The van der Waals surface area contributed by atoms with Gasteiger partial charge in [-0.1, -0.05) is 61.1 Å². The number of hydrogen-bond acceptors (Lipinski definition) is 17. The van der Waals surface area contributed by atoms with Gasteiger partial charge in [0.2, 0.25) is 0 Å². The Morgan fingerprint density at radius 2 is 1.06 bits per heavy atom. The molecule has 0 saturated heterocycles. The average Bonchev–Trinajstić information content (AvgIpc) is 0.965. The highest BCUT2D eigenvalue weighted by atomic mass is 79.9. The second-order valence-corrected chi connectivity index (χ2v) is 34.7. The molecule has 11 rings (SSSR count). The molecule has 2 heterocycles. The second-order valence-electron chi connectivity index (χ2n) is 23.4. The first kappa shape index (κ1) is 98.4. The number of nitrogens with two attached hydrogens (primary N) is 1. The lowest BCUT2D eigenvalue weighted by molar-refractivity contribution is -0.142. The maximum absolute atomic E-state index is 14.1. The van der Waals surface area contributed by atoms with Crippen LogP contribution in [0.25, 0.3) is 11.0 Å². The van der Waals surface area contributed by atoms with E-state index in [2.05, 4.69) is 41.9 Å². The number of sulfone groups is 2. The van der Waals surface area contributed by atoms with E-state index < -0.39 is 79.3 Å². The molecule has 0 unspecified atom stereocenters. The van der Waals surface area contributed by atoms with Crippen LogP contribution in [0.15, 0.2) is 212 Å². The SMILES string of the molecule is COC(=O)[C@@H](N)Cc1cc(F)cc(S(C)(=O)=O)c1.CS(=O)(=O)c1cc(F)cc(C[C@H](NC(=O)c2c(Cl)cc3c(c2Cl)CCN(C(=O)c2ccc4ccoc4c2)C3)C(=O)O)c1.CSc1cc(F)cc(Br)c1.CSc1cc(F)cc(C#N)c1.CSc1cc(F)cc(CCl)c1.CSc1cc(F)cc(SC)c1.Cl.Fc1cc(F)cc(Br)c1. The van der Waals surface area contributed by atoms with Crippen LogP contribution in [-0.2, 0) is 65.7 Å². The highest BCUT2D eigenvalue weighted by Crippen LogP contribution is 2.36. The molecule has 10 aromatic rings. The first-order chi connectivity index (χ1) is 52.7. The van der Waals surface area contributed by atoms with Gasteiger partial charge >= 0.3 is 11.9 Å². The van der Waals surface area contributed by atoms with Crippen molar-refractivity contribution in [1.29, 1.82) is 5.26 Å². The number of rotatable bonds is 17. The number of ether oxygens (including phenoxy) is 1. The number of thioether (sulfide) groups is 5. The van der Waals surface area contributed by atoms with Crippen LogP contribution in [0.1, 0.15) is 54.1 Å². The molecule has 0 radical (unpaired) electrons. The summed E-state index contributed by atoms with van der Waals surface area (Å²) >= 11 is 32.3. The Kier molecular flexibility index (Phi) is 41.2. The first-order valence-corrected chi connectivity index (χ1v) is 44.8. The van der Waals surface area contributed by atoms with E-state index in [0.717, 1.165) is 88.8 Å². The summed E-state index contributed by atoms with van der Waals surface area (Å²) in [5.74, 6) is -6.39. The van der Waals surface area contributed by atoms with Gasteiger partial charge in [-0.2, -0.15) is 5.26 Å². The molecule has 0 aliphatic carbocycles. The Hall–Kier alpha value is -6.94. The molecular formula is C77H70Br2Cl4F8N4O11S7. The summed E-state index contributed by atoms with van der Waals surface area (Å²) in [6.45, 7) is 0.496. The third-order valence-corrected chi connectivity index (χ3v) is 22.8. The fraction of sp³-hybridized carbons (Fsp3) is 0.208. The molecule has 1 aliphatic heterocycles. The molecule has 15 nitrogen and oxygen atoms in total. The molecule has 113 heavy (non-hydrogen) atoms. The van der Waals surface area contributed by atoms with Gasteiger partial charge in [-0.3, -0.25) is 14.4 Å². The molecule has 1 aromatic heterocycles. The average molecular weight is 1910 g/mol. The number of carboxylic acids is 1. The predicted molar refractivity (Wildman–Crippen MR) is 444 cm³/mol. The standard InChI is InChI=1S/C29H23Cl2FN2O7S.C11H14FNO4S.C8H8ClFS.C8H6FNS.C8H9FS2.C7H6BrFS.C6H3BrF2.ClH/c1-42(39,40)20-9-15(8-19(32)13-20)10-23(29(37)38)33-27(35)25-22(30)11-18-14-34(6-4-21(18)26(25)31)28(36)17-3-2-16-5-7-41-24(16)12-17;1-17-11(14)10(13)5-7-3-8(12)6-9(4-7)18(2,15)16;1-11-8-3-6(5-9)2-7(10)4-8;1-11-8-3-6(5-10)2-7(9)4-8;1-10-7-3-6(9)4-8(5-7)11-2;1-10-7-3-5(8)2-6(9)4-7;7-4-1-5(8)3-6(9)2-4;/h2-3,5,7-9,11-13,23H,4,6,10,14H2,1H3,(H,33,35)(H,37,38);3-4,6,10H,5,13H2,1-2H3;2-4H,5H2,1H3;2-4H,1H3;3-5H,1-2H3;2-4H,1H3;1-3H;1H/t23-;10-;;;;;;/m00....../s1. The topological polar surface area (TPSA) is 244 Å². The minimum absolute atomic E-state index is 0. The van der Waals surface area contributed by atoms with Gasteiger partial charge < -0.3 is 30.2 Å². The summed E-state index contributed by atoms with van der Waals surface area (Å²) in [5, 5.41) is 21.4. The molecule has 0 saturated carbocycles. The van der Waals surface area contributed by atoms with Crippen molar-refractivity contribution in [2.75, 3.05) is 57.4 Å². The number of furan rings is 1. The molecule has 604 valence electrons. The van der Waals surface area contributed by atoms with Crippen molar-refractivity contribution in [1.82, 2.24) is 10.2 Å².